The first-order chi connectivity index (χ1) is 13.6. The lowest BCUT2D eigenvalue weighted by Gasteiger charge is -2.33. The number of carbonyl (C=O) groups is 2. The number of benzene rings is 2. The van der Waals surface area contributed by atoms with Gasteiger partial charge in [-0.2, -0.15) is 13.2 Å². The Kier molecular flexibility index (Phi) is 6.97. The molecule has 0 aliphatic carbocycles. The number of halogens is 4. The van der Waals surface area contributed by atoms with E-state index < -0.39 is 23.9 Å². The van der Waals surface area contributed by atoms with Gasteiger partial charge in [0.1, 0.15) is 5.75 Å². The van der Waals surface area contributed by atoms with E-state index in [1.54, 1.807) is 17.4 Å². The van der Waals surface area contributed by atoms with Crippen LogP contribution >= 0.6 is 11.6 Å². The van der Waals surface area contributed by atoms with E-state index in [-0.39, 0.29) is 11.4 Å². The van der Waals surface area contributed by atoms with Crippen LogP contribution < -0.4 is 15.4 Å². The summed E-state index contributed by atoms with van der Waals surface area (Å²) in [6.07, 6.45) is -4.68. The minimum atomic E-state index is -5.33. The van der Waals surface area contributed by atoms with Crippen LogP contribution in [0.3, 0.4) is 0 Å². The molecule has 0 aliphatic rings. The lowest BCUT2D eigenvalue weighted by atomic mass is 10.1. The Morgan fingerprint density at radius 1 is 1.03 bits per heavy atom. The van der Waals surface area contributed by atoms with Crippen LogP contribution in [-0.2, 0) is 16.0 Å². The van der Waals surface area contributed by atoms with Crippen molar-refractivity contribution in [3.63, 3.8) is 0 Å². The summed E-state index contributed by atoms with van der Waals surface area (Å²) in [5.41, 5.74) is -2.76. The summed E-state index contributed by atoms with van der Waals surface area (Å²) in [5, 5.41) is 4.11. The molecule has 0 radical (unpaired) electrons. The molecule has 0 heterocycles. The van der Waals surface area contributed by atoms with Crippen molar-refractivity contribution in [2.24, 2.45) is 0 Å². The van der Waals surface area contributed by atoms with E-state index in [1.165, 1.54) is 36.4 Å². The highest BCUT2D eigenvalue weighted by Crippen LogP contribution is 2.34. The van der Waals surface area contributed by atoms with Gasteiger partial charge in [0.25, 0.3) is 0 Å². The van der Waals surface area contributed by atoms with Gasteiger partial charge in [0.15, 0.2) is 0 Å². The number of methoxy groups -OCH3 is 1. The molecule has 0 saturated heterocycles. The molecule has 2 aromatic carbocycles. The number of ether oxygens (including phenoxy) is 2. The first kappa shape index (κ1) is 22.4. The number of alkyl halides is 3. The number of aryl methyl sites for hydroxylation is 1. The highest BCUT2D eigenvalue weighted by atomic mass is 35.5. The van der Waals surface area contributed by atoms with Gasteiger partial charge in [0, 0.05) is 10.7 Å². The first-order valence-corrected chi connectivity index (χ1v) is 8.77. The van der Waals surface area contributed by atoms with Gasteiger partial charge in [-0.05, 0) is 48.4 Å². The molecule has 29 heavy (non-hydrogen) atoms. The third-order valence-corrected chi connectivity index (χ3v) is 4.12. The van der Waals surface area contributed by atoms with Gasteiger partial charge in [0.05, 0.1) is 7.11 Å². The lowest BCUT2D eigenvalue weighted by molar-refractivity contribution is -0.258. The quantitative estimate of drug-likeness (QED) is 0.521. The number of rotatable bonds is 6. The molecule has 0 bridgehead atoms. The van der Waals surface area contributed by atoms with Gasteiger partial charge in [-0.1, -0.05) is 30.7 Å². The standard InChI is InChI=1S/C19H18ClF3N2O4/c1-3-12-4-10-15(11-5-12)29-18(16(26)28-2,19(21,22)23)25-17(27)24-14-8-6-13(20)7-9-14/h4-11H,3H2,1-2H3,(H2,24,25,27)/t18-/m0/s1. The SMILES string of the molecule is CCc1ccc(O[C@@](NC(=O)Nc2ccc(Cl)cc2)(C(=O)OC)C(F)(F)F)cc1. The van der Waals surface area contributed by atoms with Crippen molar-refractivity contribution in [3.8, 4) is 5.75 Å². The van der Waals surface area contributed by atoms with Crippen LogP contribution in [0, 0.1) is 0 Å². The fraction of sp³-hybridized carbons (Fsp3) is 0.263. The molecule has 0 spiro atoms. The summed E-state index contributed by atoms with van der Waals surface area (Å²) < 4.78 is 51.0. The number of esters is 1. The molecule has 0 aromatic heterocycles. The molecule has 0 aliphatic heterocycles. The van der Waals surface area contributed by atoms with Crippen molar-refractivity contribution in [2.75, 3.05) is 12.4 Å². The number of hydrogen-bond donors (Lipinski definition) is 2. The molecule has 156 valence electrons. The van der Waals surface area contributed by atoms with Gasteiger partial charge in [0.2, 0.25) is 0 Å². The zero-order valence-electron chi connectivity index (χ0n) is 15.5. The second-order valence-electron chi connectivity index (χ2n) is 5.86. The number of urea groups is 1. The third kappa shape index (κ3) is 5.32. The van der Waals surface area contributed by atoms with Crippen LogP contribution in [0.4, 0.5) is 23.7 Å². The summed E-state index contributed by atoms with van der Waals surface area (Å²) in [7, 11) is 0.755. The number of hydrogen-bond acceptors (Lipinski definition) is 4. The highest BCUT2D eigenvalue weighted by Gasteiger charge is 2.66. The number of amides is 2. The Morgan fingerprint density at radius 2 is 1.62 bits per heavy atom. The van der Waals surface area contributed by atoms with Gasteiger partial charge in [-0.3, -0.25) is 5.32 Å². The Morgan fingerprint density at radius 3 is 2.10 bits per heavy atom. The van der Waals surface area contributed by atoms with Crippen molar-refractivity contribution < 1.29 is 32.2 Å². The van der Waals surface area contributed by atoms with Crippen LogP contribution in [0.5, 0.6) is 5.75 Å². The van der Waals surface area contributed by atoms with Gasteiger partial charge in [-0.25, -0.2) is 9.59 Å². The van der Waals surface area contributed by atoms with Crippen molar-refractivity contribution in [2.45, 2.75) is 25.2 Å². The normalized spacial score (nSPS) is 13.2. The Labute approximate surface area is 169 Å². The largest absolute Gasteiger partial charge is 0.464 e. The number of carbonyl (C=O) groups excluding carboxylic acids is 2. The van der Waals surface area contributed by atoms with Crippen LogP contribution in [0.15, 0.2) is 48.5 Å². The molecule has 2 amide bonds. The second kappa shape index (κ2) is 9.04. The summed E-state index contributed by atoms with van der Waals surface area (Å²) in [4.78, 5) is 24.3. The van der Waals surface area contributed by atoms with E-state index in [4.69, 9.17) is 16.3 Å². The van der Waals surface area contributed by atoms with Crippen LogP contribution in [0.25, 0.3) is 0 Å². The van der Waals surface area contributed by atoms with Crippen molar-refractivity contribution in [1.82, 2.24) is 5.32 Å². The van der Waals surface area contributed by atoms with Gasteiger partial charge in [-0.15, -0.1) is 0 Å². The van der Waals surface area contributed by atoms with Crippen molar-refractivity contribution in [1.29, 1.82) is 0 Å². The van der Waals surface area contributed by atoms with E-state index in [0.29, 0.717) is 11.4 Å². The maximum Gasteiger partial charge on any atom is 0.460 e. The minimum absolute atomic E-state index is 0.153. The van der Waals surface area contributed by atoms with Crippen molar-refractivity contribution >= 4 is 29.3 Å². The molecule has 2 N–H and O–H groups in total. The van der Waals surface area contributed by atoms with E-state index in [0.717, 1.165) is 12.7 Å². The average Bonchev–Trinajstić information content (AvgIpc) is 2.68. The molecule has 6 nitrogen and oxygen atoms in total. The molecular formula is C19H18ClF3N2O4. The Balaban J connectivity index is 2.35. The topological polar surface area (TPSA) is 76.7 Å². The smallest absolute Gasteiger partial charge is 0.460 e. The van der Waals surface area contributed by atoms with Crippen molar-refractivity contribution in [3.05, 3.63) is 59.1 Å². The van der Waals surface area contributed by atoms with E-state index in [2.05, 4.69) is 10.1 Å². The fourth-order valence-electron chi connectivity index (χ4n) is 2.33. The number of anilines is 1. The van der Waals surface area contributed by atoms with E-state index in [1.807, 2.05) is 6.92 Å². The van der Waals surface area contributed by atoms with E-state index >= 15 is 0 Å². The molecule has 0 unspecified atom stereocenters. The third-order valence-electron chi connectivity index (χ3n) is 3.87. The zero-order valence-corrected chi connectivity index (χ0v) is 16.2. The molecule has 1 atom stereocenters. The summed E-state index contributed by atoms with van der Waals surface area (Å²) in [6.45, 7) is 1.87. The molecule has 0 saturated carbocycles. The van der Waals surface area contributed by atoms with Crippen LogP contribution in [0.1, 0.15) is 12.5 Å². The molecule has 2 rings (SSSR count). The fourth-order valence-corrected chi connectivity index (χ4v) is 2.46. The summed E-state index contributed by atoms with van der Waals surface area (Å²) >= 11 is 5.73. The lowest BCUT2D eigenvalue weighted by Crippen LogP contribution is -2.68. The Bertz CT molecular complexity index is 857. The Hall–Kier alpha value is -2.94. The maximum atomic E-state index is 13.9. The monoisotopic (exact) mass is 430 g/mol. The maximum absolute atomic E-state index is 13.9. The second-order valence-corrected chi connectivity index (χ2v) is 6.29. The number of nitrogens with one attached hydrogen (secondary N) is 2. The van der Waals surface area contributed by atoms with Crippen LogP contribution in [0.2, 0.25) is 5.02 Å². The predicted octanol–water partition coefficient (Wildman–Crippen LogP) is 4.53. The van der Waals surface area contributed by atoms with Gasteiger partial charge < -0.3 is 14.8 Å². The molecule has 10 heteroatoms. The zero-order chi connectivity index (χ0) is 21.7. The van der Waals surface area contributed by atoms with Gasteiger partial charge >= 0.3 is 23.9 Å². The molecular weight excluding hydrogens is 413 g/mol. The van der Waals surface area contributed by atoms with E-state index in [9.17, 15) is 22.8 Å². The summed E-state index contributed by atoms with van der Waals surface area (Å²) in [5.74, 6) is -2.12. The molecule has 2 aromatic rings. The minimum Gasteiger partial charge on any atom is -0.464 e. The molecule has 0 fully saturated rings. The summed E-state index contributed by atoms with van der Waals surface area (Å²) in [6, 6.07) is 9.89. The highest BCUT2D eigenvalue weighted by molar-refractivity contribution is 6.30. The van der Waals surface area contributed by atoms with Crippen LogP contribution in [-0.4, -0.2) is 31.0 Å². The predicted molar refractivity (Wildman–Crippen MR) is 101 cm³/mol. The first-order valence-electron chi connectivity index (χ1n) is 8.39. The average molecular weight is 431 g/mol.